The highest BCUT2D eigenvalue weighted by Crippen LogP contribution is 2.15. The van der Waals surface area contributed by atoms with Gasteiger partial charge in [0.15, 0.2) is 0 Å². The van der Waals surface area contributed by atoms with Crippen LogP contribution in [0.1, 0.15) is 12.8 Å². The third-order valence-corrected chi connectivity index (χ3v) is 2.57. The summed E-state index contributed by atoms with van der Waals surface area (Å²) in [6.07, 6.45) is 3.30. The summed E-state index contributed by atoms with van der Waals surface area (Å²) in [5, 5.41) is 2.57. The van der Waals surface area contributed by atoms with E-state index in [0.717, 1.165) is 19.4 Å². The minimum Gasteiger partial charge on any atom is -0.352 e. The van der Waals surface area contributed by atoms with E-state index in [-0.39, 0.29) is 5.91 Å². The highest BCUT2D eigenvalue weighted by Gasteiger charge is 2.22. The van der Waals surface area contributed by atoms with Crippen molar-refractivity contribution in [2.75, 3.05) is 19.6 Å². The Balaban J connectivity index is 2.38. The number of nitrogens with two attached hydrogens (primary N) is 1. The van der Waals surface area contributed by atoms with E-state index in [4.69, 9.17) is 5.73 Å². The fourth-order valence-electron chi connectivity index (χ4n) is 1.81. The van der Waals surface area contributed by atoms with Crippen LogP contribution in [-0.4, -0.2) is 36.5 Å². The molecule has 1 aliphatic heterocycles. The Morgan fingerprint density at radius 1 is 1.60 bits per heavy atom. The van der Waals surface area contributed by atoms with E-state index < -0.39 is 6.03 Å². The molecule has 1 heterocycles. The zero-order valence-corrected chi connectivity index (χ0v) is 8.74. The Kier molecular flexibility index (Phi) is 4.15. The predicted octanol–water partition coefficient (Wildman–Crippen LogP) is 0.0793. The molecule has 1 rings (SSSR count). The van der Waals surface area contributed by atoms with E-state index in [1.807, 2.05) is 0 Å². The zero-order chi connectivity index (χ0) is 11.3. The largest absolute Gasteiger partial charge is 0.352 e. The second kappa shape index (κ2) is 5.38. The Labute approximate surface area is 89.3 Å². The predicted molar refractivity (Wildman–Crippen MR) is 57.1 cm³/mol. The van der Waals surface area contributed by atoms with Gasteiger partial charge < -0.3 is 16.0 Å². The lowest BCUT2D eigenvalue weighted by Gasteiger charge is -2.32. The third kappa shape index (κ3) is 3.61. The monoisotopic (exact) mass is 211 g/mol. The van der Waals surface area contributed by atoms with Crippen molar-refractivity contribution in [3.8, 4) is 0 Å². The third-order valence-electron chi connectivity index (χ3n) is 2.57. The summed E-state index contributed by atoms with van der Waals surface area (Å²) in [7, 11) is 0. The van der Waals surface area contributed by atoms with Crippen molar-refractivity contribution in [2.45, 2.75) is 12.8 Å². The molecular weight excluding hydrogens is 194 g/mol. The minimum atomic E-state index is -0.512. The number of piperidine rings is 1. The van der Waals surface area contributed by atoms with Gasteiger partial charge in [0.2, 0.25) is 5.91 Å². The Bertz CT molecular complexity index is 265. The molecule has 1 fully saturated rings. The number of rotatable bonds is 3. The van der Waals surface area contributed by atoms with Gasteiger partial charge in [0.05, 0.1) is 0 Å². The van der Waals surface area contributed by atoms with Crippen LogP contribution < -0.4 is 11.1 Å². The fraction of sp³-hybridized carbons (Fsp3) is 0.600. The lowest BCUT2D eigenvalue weighted by molar-refractivity contribution is -0.127. The first-order chi connectivity index (χ1) is 7.13. The number of amides is 3. The average molecular weight is 211 g/mol. The molecule has 0 radical (unpaired) electrons. The van der Waals surface area contributed by atoms with Crippen LogP contribution in [0.5, 0.6) is 0 Å². The van der Waals surface area contributed by atoms with Crippen LogP contribution in [0, 0.1) is 5.92 Å². The Morgan fingerprint density at radius 2 is 2.33 bits per heavy atom. The van der Waals surface area contributed by atoms with Gasteiger partial charge >= 0.3 is 6.03 Å². The van der Waals surface area contributed by atoms with E-state index in [1.165, 1.54) is 6.08 Å². The number of nitrogens with one attached hydrogen (secondary N) is 1. The van der Waals surface area contributed by atoms with E-state index in [1.54, 1.807) is 4.90 Å². The second-order valence-electron chi connectivity index (χ2n) is 3.74. The van der Waals surface area contributed by atoms with Gasteiger partial charge in [0.1, 0.15) is 0 Å². The van der Waals surface area contributed by atoms with Gasteiger partial charge in [-0.15, -0.1) is 0 Å². The summed E-state index contributed by atoms with van der Waals surface area (Å²) in [4.78, 5) is 23.6. The maximum absolute atomic E-state index is 11.3. The van der Waals surface area contributed by atoms with Gasteiger partial charge in [0.25, 0.3) is 0 Å². The summed E-state index contributed by atoms with van der Waals surface area (Å²) < 4.78 is 0. The zero-order valence-electron chi connectivity index (χ0n) is 8.74. The van der Waals surface area contributed by atoms with Gasteiger partial charge in [-0.25, -0.2) is 4.79 Å². The number of hydrogen-bond donors (Lipinski definition) is 2. The van der Waals surface area contributed by atoms with Gasteiger partial charge in [0, 0.05) is 19.6 Å². The van der Waals surface area contributed by atoms with Crippen LogP contribution in [0.4, 0.5) is 4.79 Å². The topological polar surface area (TPSA) is 75.4 Å². The maximum Gasteiger partial charge on any atom is 0.312 e. The molecule has 0 aliphatic carbocycles. The molecule has 0 aromatic carbocycles. The molecule has 0 bridgehead atoms. The number of likely N-dealkylation sites (tertiary alicyclic amines) is 1. The summed E-state index contributed by atoms with van der Waals surface area (Å²) in [5.74, 6) is 0.258. The molecule has 84 valence electrons. The van der Waals surface area contributed by atoms with E-state index in [2.05, 4.69) is 11.9 Å². The number of nitrogens with zero attached hydrogens (tertiary/aromatic N) is 1. The highest BCUT2D eigenvalue weighted by atomic mass is 16.2. The van der Waals surface area contributed by atoms with Crippen LogP contribution in [-0.2, 0) is 4.79 Å². The van der Waals surface area contributed by atoms with Gasteiger partial charge in [-0.3, -0.25) is 4.79 Å². The quantitative estimate of drug-likeness (QED) is 0.649. The summed E-state index contributed by atoms with van der Waals surface area (Å²) in [6, 6.07) is -0.512. The standard InChI is InChI=1S/C10H17N3O2/c1-2-9(14)13-5-3-4-8(7-13)6-12-10(11)15/h2,8H,1,3-7H2,(H3,11,12,15). The first kappa shape index (κ1) is 11.6. The maximum atomic E-state index is 11.3. The number of primary amides is 1. The Hall–Kier alpha value is -1.52. The van der Waals surface area contributed by atoms with Crippen molar-refractivity contribution in [3.05, 3.63) is 12.7 Å². The van der Waals surface area contributed by atoms with Crippen LogP contribution in [0.2, 0.25) is 0 Å². The van der Waals surface area contributed by atoms with Crippen molar-refractivity contribution in [1.82, 2.24) is 10.2 Å². The van der Waals surface area contributed by atoms with E-state index in [9.17, 15) is 9.59 Å². The summed E-state index contributed by atoms with van der Waals surface area (Å²) in [5.41, 5.74) is 4.98. The Morgan fingerprint density at radius 3 is 2.93 bits per heavy atom. The molecule has 3 N–H and O–H groups in total. The molecule has 1 unspecified atom stereocenters. The summed E-state index contributed by atoms with van der Waals surface area (Å²) in [6.45, 7) is 5.44. The molecule has 15 heavy (non-hydrogen) atoms. The number of urea groups is 1. The second-order valence-corrected chi connectivity index (χ2v) is 3.74. The van der Waals surface area contributed by atoms with Gasteiger partial charge in [-0.1, -0.05) is 6.58 Å². The van der Waals surface area contributed by atoms with Crippen LogP contribution in [0.15, 0.2) is 12.7 Å². The lowest BCUT2D eigenvalue weighted by atomic mass is 9.98. The summed E-state index contributed by atoms with van der Waals surface area (Å²) >= 11 is 0. The van der Waals surface area contributed by atoms with Crippen molar-refractivity contribution < 1.29 is 9.59 Å². The molecule has 3 amide bonds. The van der Waals surface area contributed by atoms with Crippen molar-refractivity contribution >= 4 is 11.9 Å². The molecule has 5 heteroatoms. The molecule has 1 saturated heterocycles. The highest BCUT2D eigenvalue weighted by molar-refractivity contribution is 5.87. The van der Waals surface area contributed by atoms with Crippen LogP contribution in [0.3, 0.4) is 0 Å². The van der Waals surface area contributed by atoms with Gasteiger partial charge in [-0.05, 0) is 24.8 Å². The van der Waals surface area contributed by atoms with Crippen LogP contribution in [0.25, 0.3) is 0 Å². The average Bonchev–Trinajstić information content (AvgIpc) is 2.25. The first-order valence-electron chi connectivity index (χ1n) is 5.08. The first-order valence-corrected chi connectivity index (χ1v) is 5.08. The molecule has 0 spiro atoms. The normalized spacial score (nSPS) is 20.8. The molecular formula is C10H17N3O2. The number of carbonyl (C=O) groups excluding carboxylic acids is 2. The molecule has 1 aliphatic rings. The van der Waals surface area contributed by atoms with Crippen LogP contribution >= 0.6 is 0 Å². The number of carbonyl (C=O) groups is 2. The minimum absolute atomic E-state index is 0.0428. The molecule has 5 nitrogen and oxygen atoms in total. The lowest BCUT2D eigenvalue weighted by Crippen LogP contribution is -2.44. The van der Waals surface area contributed by atoms with Crippen molar-refractivity contribution in [1.29, 1.82) is 0 Å². The van der Waals surface area contributed by atoms with Gasteiger partial charge in [-0.2, -0.15) is 0 Å². The molecule has 0 aromatic heterocycles. The molecule has 1 atom stereocenters. The SMILES string of the molecule is C=CC(=O)N1CCCC(CNC(N)=O)C1. The number of hydrogen-bond acceptors (Lipinski definition) is 2. The fourth-order valence-corrected chi connectivity index (χ4v) is 1.81. The molecule has 0 saturated carbocycles. The smallest absolute Gasteiger partial charge is 0.312 e. The van der Waals surface area contributed by atoms with E-state index >= 15 is 0 Å². The van der Waals surface area contributed by atoms with Crippen molar-refractivity contribution in [2.24, 2.45) is 11.7 Å². The van der Waals surface area contributed by atoms with E-state index in [0.29, 0.717) is 19.0 Å². The van der Waals surface area contributed by atoms with Crippen molar-refractivity contribution in [3.63, 3.8) is 0 Å². The molecule has 0 aromatic rings.